The van der Waals surface area contributed by atoms with E-state index in [4.69, 9.17) is 16.6 Å². The maximum absolute atomic E-state index is 14.8. The van der Waals surface area contributed by atoms with Gasteiger partial charge in [0.2, 0.25) is 0 Å². The van der Waals surface area contributed by atoms with Crippen molar-refractivity contribution in [3.05, 3.63) is 114 Å². The van der Waals surface area contributed by atoms with Crippen LogP contribution < -0.4 is 0 Å². The second-order valence-corrected chi connectivity index (χ2v) is 9.26. The highest BCUT2D eigenvalue weighted by Gasteiger charge is 2.19. The lowest BCUT2D eigenvalue weighted by atomic mass is 9.95. The van der Waals surface area contributed by atoms with E-state index in [9.17, 15) is 4.39 Å². The van der Waals surface area contributed by atoms with E-state index in [0.717, 1.165) is 55.1 Å². The normalized spacial score (nSPS) is 11.5. The van der Waals surface area contributed by atoms with Crippen LogP contribution in [0.5, 0.6) is 0 Å². The lowest BCUT2D eigenvalue weighted by Crippen LogP contribution is -1.88. The molecule has 7 aromatic rings. The molecule has 0 aliphatic heterocycles. The van der Waals surface area contributed by atoms with Crippen LogP contribution >= 0.6 is 11.6 Å². The van der Waals surface area contributed by atoms with Crippen LogP contribution in [0, 0.1) is 5.82 Å². The number of fused-ring (bicyclic) bond motifs is 6. The number of imidazole rings is 1. The van der Waals surface area contributed by atoms with Gasteiger partial charge in [0.1, 0.15) is 11.6 Å². The van der Waals surface area contributed by atoms with E-state index < -0.39 is 5.82 Å². The second-order valence-electron chi connectivity index (χ2n) is 8.86. The standard InChI is InChI=1S/C31H18ClFN4/c32-24-6-5-7-25(33)28(24)31-36-29-20-12-10-18(26-8-1-3-14-34-26)16-22(20)23-17-19(27-9-2-4-15-35-27)11-13-21(23)30(29)37-31/h1-17H,(H,36,37). The number of benzene rings is 4. The van der Waals surface area contributed by atoms with Crippen LogP contribution in [0.4, 0.5) is 4.39 Å². The summed E-state index contributed by atoms with van der Waals surface area (Å²) in [6, 6.07) is 28.9. The highest BCUT2D eigenvalue weighted by Crippen LogP contribution is 2.39. The summed E-state index contributed by atoms with van der Waals surface area (Å²) in [5, 5.41) is 4.31. The molecule has 1 N–H and O–H groups in total. The van der Waals surface area contributed by atoms with Gasteiger partial charge in [-0.3, -0.25) is 9.97 Å². The van der Waals surface area contributed by atoms with Gasteiger partial charge in [0.25, 0.3) is 0 Å². The largest absolute Gasteiger partial charge is 0.337 e. The summed E-state index contributed by atoms with van der Waals surface area (Å²) in [5.74, 6) is -0.0236. The number of rotatable bonds is 3. The first-order valence-electron chi connectivity index (χ1n) is 11.8. The Bertz CT molecular complexity index is 1810. The minimum atomic E-state index is -0.421. The van der Waals surface area contributed by atoms with Crippen LogP contribution in [0.3, 0.4) is 0 Å². The summed E-state index contributed by atoms with van der Waals surface area (Å²) in [7, 11) is 0. The number of halogens is 2. The Labute approximate surface area is 216 Å². The van der Waals surface area contributed by atoms with Crippen molar-refractivity contribution in [3.63, 3.8) is 0 Å². The number of hydrogen-bond donors (Lipinski definition) is 1. The number of nitrogens with one attached hydrogen (secondary N) is 1. The van der Waals surface area contributed by atoms with Crippen LogP contribution in [0.25, 0.3) is 66.5 Å². The summed E-state index contributed by atoms with van der Waals surface area (Å²) in [6.45, 7) is 0. The number of H-pyrrole nitrogens is 1. The maximum atomic E-state index is 14.8. The Morgan fingerprint density at radius 3 is 1.92 bits per heavy atom. The zero-order valence-corrected chi connectivity index (χ0v) is 20.2. The molecule has 0 saturated heterocycles. The molecule has 0 spiro atoms. The smallest absolute Gasteiger partial charge is 0.143 e. The third-order valence-electron chi connectivity index (χ3n) is 6.68. The van der Waals surface area contributed by atoms with Crippen molar-refractivity contribution in [1.82, 2.24) is 19.9 Å². The molecule has 0 fully saturated rings. The lowest BCUT2D eigenvalue weighted by Gasteiger charge is -2.10. The summed E-state index contributed by atoms with van der Waals surface area (Å²) in [5.41, 5.74) is 5.64. The molecule has 0 saturated carbocycles. The molecule has 7 rings (SSSR count). The Morgan fingerprint density at radius 1 is 0.649 bits per heavy atom. The zero-order valence-electron chi connectivity index (χ0n) is 19.4. The van der Waals surface area contributed by atoms with Crippen LogP contribution in [-0.4, -0.2) is 19.9 Å². The lowest BCUT2D eigenvalue weighted by molar-refractivity contribution is 0.630. The Balaban J connectivity index is 1.58. The first kappa shape index (κ1) is 21.7. The molecule has 176 valence electrons. The molecule has 4 nitrogen and oxygen atoms in total. The second kappa shape index (κ2) is 8.50. The molecule has 3 aromatic heterocycles. The van der Waals surface area contributed by atoms with E-state index in [2.05, 4.69) is 45.3 Å². The highest BCUT2D eigenvalue weighted by molar-refractivity contribution is 6.33. The van der Waals surface area contributed by atoms with E-state index in [1.54, 1.807) is 24.5 Å². The van der Waals surface area contributed by atoms with Gasteiger partial charge < -0.3 is 4.98 Å². The SMILES string of the molecule is Fc1cccc(Cl)c1-c1nc2c3ccc(-c4ccccn4)cc3c3cc(-c4ccccn4)ccc3c2[nH]1. The summed E-state index contributed by atoms with van der Waals surface area (Å²) < 4.78 is 14.8. The van der Waals surface area contributed by atoms with Gasteiger partial charge in [-0.1, -0.05) is 54.1 Å². The monoisotopic (exact) mass is 500 g/mol. The minimum Gasteiger partial charge on any atom is -0.337 e. The van der Waals surface area contributed by atoms with Gasteiger partial charge in [-0.2, -0.15) is 0 Å². The minimum absolute atomic E-state index is 0.261. The third kappa shape index (κ3) is 3.55. The van der Waals surface area contributed by atoms with E-state index in [0.29, 0.717) is 10.8 Å². The number of aromatic amines is 1. The van der Waals surface area contributed by atoms with Crippen molar-refractivity contribution in [2.75, 3.05) is 0 Å². The Kier molecular flexibility index (Phi) is 4.98. The number of pyridine rings is 2. The predicted octanol–water partition coefficient (Wildman–Crippen LogP) is 8.45. The molecule has 0 bridgehead atoms. The summed E-state index contributed by atoms with van der Waals surface area (Å²) in [6.07, 6.45) is 3.58. The van der Waals surface area contributed by atoms with Crippen LogP contribution in [0.1, 0.15) is 0 Å². The average Bonchev–Trinajstić information content (AvgIpc) is 3.39. The number of hydrogen-bond acceptors (Lipinski definition) is 3. The van der Waals surface area contributed by atoms with Crippen LogP contribution in [0.15, 0.2) is 103 Å². The number of aromatic nitrogens is 4. The first-order valence-corrected chi connectivity index (χ1v) is 12.2. The molecule has 6 heteroatoms. The van der Waals surface area contributed by atoms with Gasteiger partial charge in [-0.05, 0) is 59.3 Å². The van der Waals surface area contributed by atoms with Crippen molar-refractivity contribution < 1.29 is 4.39 Å². The van der Waals surface area contributed by atoms with E-state index in [1.807, 2.05) is 42.5 Å². The maximum Gasteiger partial charge on any atom is 0.143 e. The van der Waals surface area contributed by atoms with E-state index in [-0.39, 0.29) is 5.56 Å². The van der Waals surface area contributed by atoms with Crippen molar-refractivity contribution in [2.24, 2.45) is 0 Å². The summed E-state index contributed by atoms with van der Waals surface area (Å²) >= 11 is 6.39. The molecule has 0 atom stereocenters. The predicted molar refractivity (Wildman–Crippen MR) is 148 cm³/mol. The summed E-state index contributed by atoms with van der Waals surface area (Å²) in [4.78, 5) is 17.3. The first-order chi connectivity index (χ1) is 18.2. The molecule has 4 aromatic carbocycles. The fraction of sp³-hybridized carbons (Fsp3) is 0. The van der Waals surface area contributed by atoms with Gasteiger partial charge in [-0.15, -0.1) is 0 Å². The van der Waals surface area contributed by atoms with Crippen molar-refractivity contribution in [2.45, 2.75) is 0 Å². The van der Waals surface area contributed by atoms with Gasteiger partial charge in [-0.25, -0.2) is 9.37 Å². The molecule has 0 aliphatic carbocycles. The quantitative estimate of drug-likeness (QED) is 0.247. The third-order valence-corrected chi connectivity index (χ3v) is 6.99. The highest BCUT2D eigenvalue weighted by atomic mass is 35.5. The van der Waals surface area contributed by atoms with Crippen molar-refractivity contribution in [1.29, 1.82) is 0 Å². The topological polar surface area (TPSA) is 54.5 Å². The van der Waals surface area contributed by atoms with Gasteiger partial charge in [0, 0.05) is 34.3 Å². The Hall–Kier alpha value is -4.61. The fourth-order valence-corrected chi connectivity index (χ4v) is 5.20. The van der Waals surface area contributed by atoms with Crippen molar-refractivity contribution >= 4 is 44.2 Å². The van der Waals surface area contributed by atoms with Crippen molar-refractivity contribution in [3.8, 4) is 33.9 Å². The molecule has 0 aliphatic rings. The average molecular weight is 501 g/mol. The number of nitrogens with zero attached hydrogens (tertiary/aromatic N) is 3. The molecular weight excluding hydrogens is 483 g/mol. The molecular formula is C31H18ClFN4. The van der Waals surface area contributed by atoms with Gasteiger partial charge in [0.15, 0.2) is 0 Å². The zero-order chi connectivity index (χ0) is 24.9. The van der Waals surface area contributed by atoms with Gasteiger partial charge in [0.05, 0.1) is 33.0 Å². The van der Waals surface area contributed by atoms with E-state index >= 15 is 0 Å². The van der Waals surface area contributed by atoms with E-state index in [1.165, 1.54) is 6.07 Å². The van der Waals surface area contributed by atoms with Gasteiger partial charge >= 0.3 is 0 Å². The molecule has 0 amide bonds. The Morgan fingerprint density at radius 2 is 1.30 bits per heavy atom. The fourth-order valence-electron chi connectivity index (χ4n) is 4.95. The van der Waals surface area contributed by atoms with Crippen LogP contribution in [-0.2, 0) is 0 Å². The molecule has 3 heterocycles. The van der Waals surface area contributed by atoms with Crippen LogP contribution in [0.2, 0.25) is 5.02 Å². The molecule has 0 unspecified atom stereocenters. The molecule has 37 heavy (non-hydrogen) atoms. The molecule has 0 radical (unpaired) electrons.